The number of phosphoric ester groups is 1. The van der Waals surface area contributed by atoms with E-state index in [4.69, 9.17) is 24.3 Å². The Morgan fingerprint density at radius 3 is 1.44 bits per heavy atom. The zero-order chi connectivity index (χ0) is 39.6. The summed E-state index contributed by atoms with van der Waals surface area (Å²) < 4.78 is 32.8. The van der Waals surface area contributed by atoms with E-state index in [1.165, 1.54) is 96.3 Å². The highest BCUT2D eigenvalue weighted by molar-refractivity contribution is 7.47. The van der Waals surface area contributed by atoms with Gasteiger partial charge < -0.3 is 20.1 Å². The second kappa shape index (κ2) is 40.9. The molecule has 0 spiro atoms. The van der Waals surface area contributed by atoms with Crippen molar-refractivity contribution in [1.29, 1.82) is 0 Å². The molecule has 0 aromatic carbocycles. The molecule has 0 aromatic rings. The number of ether oxygens (including phenoxy) is 2. The summed E-state index contributed by atoms with van der Waals surface area (Å²) in [6, 6.07) is 0. The summed E-state index contributed by atoms with van der Waals surface area (Å²) >= 11 is 0. The Balaban J connectivity index is 4.17. The maximum atomic E-state index is 12.6. The lowest BCUT2D eigenvalue weighted by Gasteiger charge is -2.19. The monoisotopic (exact) mass is 784 g/mol. The van der Waals surface area contributed by atoms with E-state index in [-0.39, 0.29) is 38.6 Å². The SMILES string of the molecule is CCCCCC/C=C\C/C=C\CCCCCCCC(=O)OC(COC(=O)CCCCCCCCC/C=C\CCCCCCCC)COP(=O)(O)OCCN. The van der Waals surface area contributed by atoms with Crippen molar-refractivity contribution in [2.75, 3.05) is 26.4 Å². The van der Waals surface area contributed by atoms with E-state index in [0.29, 0.717) is 6.42 Å². The summed E-state index contributed by atoms with van der Waals surface area (Å²) in [5.74, 6) is -0.847. The number of rotatable bonds is 41. The van der Waals surface area contributed by atoms with Crippen molar-refractivity contribution in [3.8, 4) is 0 Å². The topological polar surface area (TPSA) is 134 Å². The summed E-state index contributed by atoms with van der Waals surface area (Å²) in [4.78, 5) is 34.9. The first kappa shape index (κ1) is 52.2. The Bertz CT molecular complexity index is 986. The lowest BCUT2D eigenvalue weighted by Crippen LogP contribution is -2.29. The van der Waals surface area contributed by atoms with Gasteiger partial charge in [-0.15, -0.1) is 0 Å². The number of hydrogen-bond donors (Lipinski definition) is 2. The van der Waals surface area contributed by atoms with Gasteiger partial charge in [-0.3, -0.25) is 18.6 Å². The minimum atomic E-state index is -4.38. The van der Waals surface area contributed by atoms with Crippen molar-refractivity contribution >= 4 is 19.8 Å². The molecule has 0 aromatic heterocycles. The van der Waals surface area contributed by atoms with Gasteiger partial charge in [0.2, 0.25) is 0 Å². The van der Waals surface area contributed by atoms with E-state index in [1.807, 2.05) is 0 Å². The Morgan fingerprint density at radius 1 is 0.556 bits per heavy atom. The molecule has 9 nitrogen and oxygen atoms in total. The summed E-state index contributed by atoms with van der Waals surface area (Å²) in [6.07, 6.45) is 44.5. The van der Waals surface area contributed by atoms with Crippen LogP contribution in [-0.4, -0.2) is 49.3 Å². The number of unbranched alkanes of at least 4 members (excludes halogenated alkanes) is 22. The number of carbonyl (C=O) groups excluding carboxylic acids is 2. The second-order valence-corrected chi connectivity index (χ2v) is 16.0. The highest BCUT2D eigenvalue weighted by Gasteiger charge is 2.26. The fourth-order valence-electron chi connectivity index (χ4n) is 5.95. The van der Waals surface area contributed by atoms with Crippen LogP contribution in [0.25, 0.3) is 0 Å². The molecule has 0 saturated heterocycles. The van der Waals surface area contributed by atoms with Crippen LogP contribution >= 0.6 is 7.82 Å². The van der Waals surface area contributed by atoms with E-state index in [1.54, 1.807) is 0 Å². The molecule has 0 rings (SSSR count). The molecule has 0 saturated carbocycles. The summed E-state index contributed by atoms with van der Waals surface area (Å²) in [5, 5.41) is 0. The van der Waals surface area contributed by atoms with E-state index in [9.17, 15) is 19.0 Å². The van der Waals surface area contributed by atoms with Crippen LogP contribution in [0.15, 0.2) is 36.5 Å². The van der Waals surface area contributed by atoms with Gasteiger partial charge in [-0.05, 0) is 70.6 Å². The first-order chi connectivity index (χ1) is 26.3. The predicted octanol–water partition coefficient (Wildman–Crippen LogP) is 12.6. The zero-order valence-corrected chi connectivity index (χ0v) is 35.6. The highest BCUT2D eigenvalue weighted by atomic mass is 31.2. The van der Waals surface area contributed by atoms with Gasteiger partial charge in [0.1, 0.15) is 6.61 Å². The molecule has 0 aliphatic carbocycles. The second-order valence-electron chi connectivity index (χ2n) is 14.6. The average Bonchev–Trinajstić information content (AvgIpc) is 3.16. The van der Waals surface area contributed by atoms with Gasteiger partial charge in [0.15, 0.2) is 6.10 Å². The van der Waals surface area contributed by atoms with Crippen LogP contribution in [0, 0.1) is 0 Å². The lowest BCUT2D eigenvalue weighted by atomic mass is 10.1. The Labute approximate surface area is 331 Å². The maximum absolute atomic E-state index is 12.6. The summed E-state index contributed by atoms with van der Waals surface area (Å²) in [7, 11) is -4.38. The number of phosphoric acid groups is 1. The average molecular weight is 784 g/mol. The Morgan fingerprint density at radius 2 is 0.963 bits per heavy atom. The van der Waals surface area contributed by atoms with Crippen LogP contribution < -0.4 is 5.73 Å². The van der Waals surface area contributed by atoms with Crippen molar-refractivity contribution in [2.24, 2.45) is 5.73 Å². The smallest absolute Gasteiger partial charge is 0.462 e. The fourth-order valence-corrected chi connectivity index (χ4v) is 6.72. The van der Waals surface area contributed by atoms with E-state index in [2.05, 4.69) is 50.3 Å². The molecule has 316 valence electrons. The predicted molar refractivity (Wildman–Crippen MR) is 224 cm³/mol. The van der Waals surface area contributed by atoms with Gasteiger partial charge in [0, 0.05) is 19.4 Å². The molecule has 0 aliphatic heterocycles. The summed E-state index contributed by atoms with van der Waals surface area (Å²) in [5.41, 5.74) is 5.35. The highest BCUT2D eigenvalue weighted by Crippen LogP contribution is 2.43. The molecule has 3 N–H and O–H groups in total. The molecule has 2 unspecified atom stereocenters. The van der Waals surface area contributed by atoms with Crippen molar-refractivity contribution in [3.05, 3.63) is 36.5 Å². The van der Waals surface area contributed by atoms with Crippen molar-refractivity contribution in [3.63, 3.8) is 0 Å². The largest absolute Gasteiger partial charge is 0.472 e. The van der Waals surface area contributed by atoms with Crippen LogP contribution in [0.3, 0.4) is 0 Å². The lowest BCUT2D eigenvalue weighted by molar-refractivity contribution is -0.161. The zero-order valence-electron chi connectivity index (χ0n) is 34.7. The van der Waals surface area contributed by atoms with Gasteiger partial charge in [-0.25, -0.2) is 4.57 Å². The van der Waals surface area contributed by atoms with E-state index in [0.717, 1.165) is 70.6 Å². The first-order valence-electron chi connectivity index (χ1n) is 22.0. The molecule has 54 heavy (non-hydrogen) atoms. The minimum absolute atomic E-state index is 0.0501. The first-order valence-corrected chi connectivity index (χ1v) is 23.5. The number of carbonyl (C=O) groups is 2. The normalized spacial score (nSPS) is 13.6. The van der Waals surface area contributed by atoms with Crippen molar-refractivity contribution in [1.82, 2.24) is 0 Å². The Kier molecular flexibility index (Phi) is 39.5. The van der Waals surface area contributed by atoms with Crippen LogP contribution in [0.5, 0.6) is 0 Å². The number of hydrogen-bond acceptors (Lipinski definition) is 8. The van der Waals surface area contributed by atoms with Gasteiger partial charge in [-0.2, -0.15) is 0 Å². The molecule has 0 fully saturated rings. The standard InChI is InChI=1S/C44H82NO8P/c1-3-5-7-9-11-13-15-17-19-21-23-24-26-28-30-32-34-36-43(46)50-40-42(41-52-54(48,49)51-39-38-45)53-44(47)37-35-33-31-29-27-25-22-20-18-16-14-12-10-8-6-4-2/h14,16-17,19-20,22,42H,3-13,15,18,21,23-41,45H2,1-2H3,(H,48,49)/b16-14-,19-17-,22-20-. The molecule has 2 atom stereocenters. The third kappa shape index (κ3) is 39.9. The van der Waals surface area contributed by atoms with Crippen LogP contribution in [0.2, 0.25) is 0 Å². The van der Waals surface area contributed by atoms with Gasteiger partial charge in [0.05, 0.1) is 13.2 Å². The van der Waals surface area contributed by atoms with Crippen LogP contribution in [0.1, 0.15) is 200 Å². The van der Waals surface area contributed by atoms with Crippen LogP contribution in [-0.2, 0) is 32.7 Å². The van der Waals surface area contributed by atoms with Gasteiger partial charge in [-0.1, -0.05) is 153 Å². The van der Waals surface area contributed by atoms with E-state index < -0.39 is 26.5 Å². The maximum Gasteiger partial charge on any atom is 0.472 e. The molecule has 0 bridgehead atoms. The minimum Gasteiger partial charge on any atom is -0.462 e. The molecule has 0 heterocycles. The third-order valence-corrected chi connectivity index (χ3v) is 10.2. The number of allylic oxidation sites excluding steroid dienone is 6. The molecule has 10 heteroatoms. The summed E-state index contributed by atoms with van der Waals surface area (Å²) in [6.45, 7) is 3.70. The van der Waals surface area contributed by atoms with E-state index >= 15 is 0 Å². The molecule has 0 amide bonds. The third-order valence-electron chi connectivity index (χ3n) is 9.25. The molecule has 0 aliphatic rings. The molecule has 0 radical (unpaired) electrons. The number of esters is 2. The van der Waals surface area contributed by atoms with Gasteiger partial charge >= 0.3 is 19.8 Å². The Hall–Kier alpha value is -1.77. The van der Waals surface area contributed by atoms with Crippen molar-refractivity contribution in [2.45, 2.75) is 206 Å². The number of nitrogens with two attached hydrogens (primary N) is 1. The molecular weight excluding hydrogens is 701 g/mol. The quantitative estimate of drug-likeness (QED) is 0.0269. The van der Waals surface area contributed by atoms with Crippen LogP contribution in [0.4, 0.5) is 0 Å². The van der Waals surface area contributed by atoms with Crippen molar-refractivity contribution < 1.29 is 37.6 Å². The van der Waals surface area contributed by atoms with Gasteiger partial charge in [0.25, 0.3) is 0 Å². The molecular formula is C44H82NO8P. The fraction of sp³-hybridized carbons (Fsp3) is 0.818.